The van der Waals surface area contributed by atoms with E-state index in [1.54, 1.807) is 18.3 Å². The number of nitrogens with zero attached hydrogens (tertiary/aromatic N) is 3. The molecular formula is C22H17FN4O2. The molecule has 7 heteroatoms. The molecule has 29 heavy (non-hydrogen) atoms. The molecule has 0 unspecified atom stereocenters. The third-order valence-electron chi connectivity index (χ3n) is 4.40. The number of hydrogen-bond donors (Lipinski definition) is 1. The zero-order chi connectivity index (χ0) is 20.2. The highest BCUT2D eigenvalue weighted by Crippen LogP contribution is 2.30. The standard InChI is InChI=1S/C22H17FN4O2/c1-14-10-20(29-27-14)18-12-24-13-26-21(18)16-8-6-15(7-9-16)11-25-22(28)17-4-2-3-5-19(17)23/h2-10,12-13H,11H2,1H3,(H,25,28). The van der Waals surface area contributed by atoms with Crippen LogP contribution in [-0.2, 0) is 6.54 Å². The maximum atomic E-state index is 13.7. The van der Waals surface area contributed by atoms with Gasteiger partial charge in [-0.15, -0.1) is 0 Å². The van der Waals surface area contributed by atoms with Crippen molar-refractivity contribution in [3.8, 4) is 22.6 Å². The van der Waals surface area contributed by atoms with E-state index in [9.17, 15) is 9.18 Å². The Morgan fingerprint density at radius 3 is 2.66 bits per heavy atom. The Hall–Kier alpha value is -3.87. The number of carbonyl (C=O) groups is 1. The number of amides is 1. The first-order valence-electron chi connectivity index (χ1n) is 8.97. The number of aryl methyl sites for hydroxylation is 1. The third kappa shape index (κ3) is 4.03. The first-order valence-corrected chi connectivity index (χ1v) is 8.97. The van der Waals surface area contributed by atoms with E-state index in [0.717, 1.165) is 28.1 Å². The van der Waals surface area contributed by atoms with Gasteiger partial charge in [-0.2, -0.15) is 0 Å². The molecule has 2 aromatic carbocycles. The molecule has 1 N–H and O–H groups in total. The molecule has 0 aliphatic carbocycles. The average molecular weight is 388 g/mol. The molecule has 2 heterocycles. The minimum atomic E-state index is -0.542. The number of rotatable bonds is 5. The quantitative estimate of drug-likeness (QED) is 0.555. The minimum Gasteiger partial charge on any atom is -0.356 e. The molecule has 4 aromatic rings. The summed E-state index contributed by atoms with van der Waals surface area (Å²) in [6.07, 6.45) is 3.16. The van der Waals surface area contributed by atoms with Gasteiger partial charge in [-0.25, -0.2) is 14.4 Å². The lowest BCUT2D eigenvalue weighted by molar-refractivity contribution is 0.0947. The van der Waals surface area contributed by atoms with Crippen molar-refractivity contribution in [1.29, 1.82) is 0 Å². The van der Waals surface area contributed by atoms with Crippen molar-refractivity contribution in [1.82, 2.24) is 20.4 Å². The fraction of sp³-hybridized carbons (Fsp3) is 0.0909. The van der Waals surface area contributed by atoms with Crippen molar-refractivity contribution in [3.05, 3.63) is 89.8 Å². The van der Waals surface area contributed by atoms with E-state index in [2.05, 4.69) is 20.4 Å². The van der Waals surface area contributed by atoms with Crippen LogP contribution in [0.3, 0.4) is 0 Å². The maximum absolute atomic E-state index is 13.7. The molecule has 0 aliphatic heterocycles. The Labute approximate surface area is 166 Å². The van der Waals surface area contributed by atoms with E-state index in [1.165, 1.54) is 18.5 Å². The Morgan fingerprint density at radius 2 is 1.93 bits per heavy atom. The van der Waals surface area contributed by atoms with Crippen LogP contribution < -0.4 is 5.32 Å². The number of hydrogen-bond acceptors (Lipinski definition) is 5. The fourth-order valence-electron chi connectivity index (χ4n) is 2.93. The van der Waals surface area contributed by atoms with Gasteiger partial charge in [-0.1, -0.05) is 41.6 Å². The van der Waals surface area contributed by atoms with Crippen LogP contribution in [0.1, 0.15) is 21.6 Å². The molecular weight excluding hydrogens is 371 g/mol. The molecule has 0 spiro atoms. The number of halogens is 1. The van der Waals surface area contributed by atoms with Gasteiger partial charge in [-0.05, 0) is 24.6 Å². The number of carbonyl (C=O) groups excluding carboxylic acids is 1. The molecule has 0 bridgehead atoms. The van der Waals surface area contributed by atoms with Crippen LogP contribution >= 0.6 is 0 Å². The van der Waals surface area contributed by atoms with Crippen molar-refractivity contribution in [2.24, 2.45) is 0 Å². The summed E-state index contributed by atoms with van der Waals surface area (Å²) in [5, 5.41) is 6.64. The number of aromatic nitrogens is 3. The molecule has 0 atom stereocenters. The lowest BCUT2D eigenvalue weighted by atomic mass is 10.0. The lowest BCUT2D eigenvalue weighted by Crippen LogP contribution is -2.23. The normalized spacial score (nSPS) is 10.7. The zero-order valence-corrected chi connectivity index (χ0v) is 15.6. The van der Waals surface area contributed by atoms with E-state index in [0.29, 0.717) is 5.76 Å². The largest absolute Gasteiger partial charge is 0.356 e. The molecule has 144 valence electrons. The smallest absolute Gasteiger partial charge is 0.254 e. The zero-order valence-electron chi connectivity index (χ0n) is 15.6. The first kappa shape index (κ1) is 18.5. The summed E-state index contributed by atoms with van der Waals surface area (Å²) in [5.41, 5.74) is 4.02. The monoisotopic (exact) mass is 388 g/mol. The molecule has 4 rings (SSSR count). The van der Waals surface area contributed by atoms with Crippen LogP contribution in [0.25, 0.3) is 22.6 Å². The van der Waals surface area contributed by atoms with E-state index >= 15 is 0 Å². The van der Waals surface area contributed by atoms with Crippen molar-refractivity contribution in [3.63, 3.8) is 0 Å². The second-order valence-corrected chi connectivity index (χ2v) is 6.48. The molecule has 0 fully saturated rings. The van der Waals surface area contributed by atoms with Gasteiger partial charge >= 0.3 is 0 Å². The average Bonchev–Trinajstić information content (AvgIpc) is 3.19. The van der Waals surface area contributed by atoms with Crippen LogP contribution in [0.4, 0.5) is 4.39 Å². The number of nitrogens with one attached hydrogen (secondary N) is 1. The van der Waals surface area contributed by atoms with Crippen molar-refractivity contribution in [2.45, 2.75) is 13.5 Å². The second-order valence-electron chi connectivity index (χ2n) is 6.48. The highest BCUT2D eigenvalue weighted by atomic mass is 19.1. The minimum absolute atomic E-state index is 0.0251. The molecule has 0 radical (unpaired) electrons. The van der Waals surface area contributed by atoms with Crippen LogP contribution in [0, 0.1) is 12.7 Å². The Bertz CT molecular complexity index is 1160. The summed E-state index contributed by atoms with van der Waals surface area (Å²) < 4.78 is 19.0. The van der Waals surface area contributed by atoms with Gasteiger partial charge in [0.1, 0.15) is 12.1 Å². The maximum Gasteiger partial charge on any atom is 0.254 e. The van der Waals surface area contributed by atoms with Crippen LogP contribution in [0.2, 0.25) is 0 Å². The SMILES string of the molecule is Cc1cc(-c2cncnc2-c2ccc(CNC(=O)c3ccccc3F)cc2)on1. The Balaban J connectivity index is 1.51. The molecule has 0 saturated carbocycles. The summed E-state index contributed by atoms with van der Waals surface area (Å²) >= 11 is 0. The lowest BCUT2D eigenvalue weighted by Gasteiger charge is -2.08. The van der Waals surface area contributed by atoms with Crippen LogP contribution in [-0.4, -0.2) is 21.0 Å². The summed E-state index contributed by atoms with van der Waals surface area (Å²) in [7, 11) is 0. The summed E-state index contributed by atoms with van der Waals surface area (Å²) in [6, 6.07) is 15.3. The van der Waals surface area contributed by atoms with Crippen molar-refractivity contribution in [2.75, 3.05) is 0 Å². The highest BCUT2D eigenvalue weighted by molar-refractivity contribution is 5.94. The molecule has 0 saturated heterocycles. The Morgan fingerprint density at radius 1 is 1.14 bits per heavy atom. The third-order valence-corrected chi connectivity index (χ3v) is 4.40. The highest BCUT2D eigenvalue weighted by Gasteiger charge is 2.14. The van der Waals surface area contributed by atoms with Crippen LogP contribution in [0.5, 0.6) is 0 Å². The molecule has 1 amide bonds. The summed E-state index contributed by atoms with van der Waals surface area (Å²) in [5.74, 6) is -0.399. The summed E-state index contributed by atoms with van der Waals surface area (Å²) in [6.45, 7) is 2.13. The summed E-state index contributed by atoms with van der Waals surface area (Å²) in [4.78, 5) is 20.6. The fourth-order valence-corrected chi connectivity index (χ4v) is 2.93. The van der Waals surface area contributed by atoms with Gasteiger partial charge in [0.15, 0.2) is 5.76 Å². The van der Waals surface area contributed by atoms with Gasteiger partial charge in [0.25, 0.3) is 5.91 Å². The van der Waals surface area contributed by atoms with Gasteiger partial charge in [0.05, 0.1) is 22.5 Å². The second kappa shape index (κ2) is 8.02. The van der Waals surface area contributed by atoms with Crippen LogP contribution in [0.15, 0.2) is 71.6 Å². The van der Waals surface area contributed by atoms with E-state index < -0.39 is 11.7 Å². The van der Waals surface area contributed by atoms with Crippen molar-refractivity contribution >= 4 is 5.91 Å². The number of benzene rings is 2. The molecule has 0 aliphatic rings. The van der Waals surface area contributed by atoms with Gasteiger partial charge in [0.2, 0.25) is 0 Å². The predicted octanol–water partition coefficient (Wildman–Crippen LogP) is 4.18. The topological polar surface area (TPSA) is 80.9 Å². The molecule has 6 nitrogen and oxygen atoms in total. The molecule has 2 aromatic heterocycles. The van der Waals surface area contributed by atoms with E-state index in [-0.39, 0.29) is 12.1 Å². The first-order chi connectivity index (χ1) is 14.1. The van der Waals surface area contributed by atoms with E-state index in [4.69, 9.17) is 4.52 Å². The van der Waals surface area contributed by atoms with E-state index in [1.807, 2.05) is 37.3 Å². The van der Waals surface area contributed by atoms with Crippen molar-refractivity contribution < 1.29 is 13.7 Å². The predicted molar refractivity (Wildman–Crippen MR) is 105 cm³/mol. The van der Waals surface area contributed by atoms with Gasteiger partial charge in [0, 0.05) is 24.4 Å². The van der Waals surface area contributed by atoms with Gasteiger partial charge < -0.3 is 9.84 Å². The van der Waals surface area contributed by atoms with Gasteiger partial charge in [-0.3, -0.25) is 4.79 Å². The Kier molecular flexibility index (Phi) is 5.11.